The molecule has 0 amide bonds. The zero-order valence-electron chi connectivity index (χ0n) is 9.95. The number of hydrogen-bond donors (Lipinski definition) is 2. The normalized spacial score (nSPS) is 14.4. The highest BCUT2D eigenvalue weighted by Crippen LogP contribution is 2.33. The fraction of sp³-hybridized carbons (Fsp3) is 0.455. The molecule has 0 aliphatic heterocycles. The Morgan fingerprint density at radius 3 is 2.10 bits per heavy atom. The number of nitrogens with two attached hydrogens (primary N) is 1. The quantitative estimate of drug-likeness (QED) is 0.506. The Balaban J connectivity index is 2.92. The van der Waals surface area contributed by atoms with Gasteiger partial charge in [-0.25, -0.2) is 4.39 Å². The molecule has 0 aromatic heterocycles. The first-order valence-corrected chi connectivity index (χ1v) is 5.44. The van der Waals surface area contributed by atoms with Crippen molar-refractivity contribution >= 4 is 0 Å². The summed E-state index contributed by atoms with van der Waals surface area (Å²) in [6.45, 7) is 0. The summed E-state index contributed by atoms with van der Waals surface area (Å²) < 4.78 is 86.6. The lowest BCUT2D eigenvalue weighted by Crippen LogP contribution is -2.29. The second kappa shape index (κ2) is 5.96. The summed E-state index contributed by atoms with van der Waals surface area (Å²) in [4.78, 5) is 0. The van der Waals surface area contributed by atoms with Crippen molar-refractivity contribution in [2.24, 2.45) is 5.84 Å². The minimum absolute atomic E-state index is 0.0812. The molecule has 0 saturated heterocycles. The van der Waals surface area contributed by atoms with Crippen LogP contribution in [0.1, 0.15) is 30.0 Å². The van der Waals surface area contributed by atoms with Crippen LogP contribution >= 0.6 is 0 Å². The van der Waals surface area contributed by atoms with Crippen molar-refractivity contribution in [3.8, 4) is 0 Å². The largest absolute Gasteiger partial charge is 0.419 e. The molecule has 2 nitrogen and oxygen atoms in total. The van der Waals surface area contributed by atoms with Gasteiger partial charge in [-0.2, -0.15) is 26.3 Å². The summed E-state index contributed by atoms with van der Waals surface area (Å²) in [5.74, 6) is 3.49. The first-order chi connectivity index (χ1) is 9.04. The van der Waals surface area contributed by atoms with Crippen molar-refractivity contribution in [2.45, 2.75) is 31.2 Å². The fourth-order valence-corrected chi connectivity index (χ4v) is 1.63. The maximum atomic E-state index is 13.3. The molecule has 20 heavy (non-hydrogen) atoms. The summed E-state index contributed by atoms with van der Waals surface area (Å²) in [6.07, 6.45) is -11.0. The van der Waals surface area contributed by atoms with Gasteiger partial charge >= 0.3 is 12.4 Å². The van der Waals surface area contributed by atoms with Crippen molar-refractivity contribution in [2.75, 3.05) is 0 Å². The molecule has 0 bridgehead atoms. The molecule has 0 fully saturated rings. The molecule has 1 rings (SSSR count). The Bertz CT molecular complexity index is 453. The second-order valence-corrected chi connectivity index (χ2v) is 4.11. The molecule has 3 N–H and O–H groups in total. The Morgan fingerprint density at radius 1 is 1.10 bits per heavy atom. The van der Waals surface area contributed by atoms with Crippen molar-refractivity contribution < 1.29 is 30.7 Å². The van der Waals surface area contributed by atoms with Crippen LogP contribution in [0.15, 0.2) is 18.2 Å². The van der Waals surface area contributed by atoms with Crippen molar-refractivity contribution in [1.82, 2.24) is 5.43 Å². The third kappa shape index (κ3) is 4.64. The first-order valence-electron chi connectivity index (χ1n) is 5.44. The molecule has 0 spiro atoms. The topological polar surface area (TPSA) is 38.0 Å². The standard InChI is InChI=1S/C11H11F7N2/c12-8-5-6(1-2-7(8)11(16,17)18)9(20-19)3-4-10(13,14)15/h1-2,5,9,20H,3-4,19H2. The van der Waals surface area contributed by atoms with Gasteiger partial charge in [0.2, 0.25) is 0 Å². The lowest BCUT2D eigenvalue weighted by atomic mass is 10.0. The third-order valence-electron chi connectivity index (χ3n) is 2.62. The summed E-state index contributed by atoms with van der Waals surface area (Å²) in [5, 5.41) is 0. The van der Waals surface area contributed by atoms with Gasteiger partial charge < -0.3 is 0 Å². The number of rotatable bonds is 4. The Morgan fingerprint density at radius 2 is 1.70 bits per heavy atom. The minimum Gasteiger partial charge on any atom is -0.271 e. The molecule has 0 heterocycles. The van der Waals surface area contributed by atoms with Crippen molar-refractivity contribution in [3.63, 3.8) is 0 Å². The first kappa shape index (κ1) is 16.7. The number of hydrazine groups is 1. The second-order valence-electron chi connectivity index (χ2n) is 4.11. The minimum atomic E-state index is -4.86. The van der Waals surface area contributed by atoms with E-state index in [1.54, 1.807) is 0 Å². The van der Waals surface area contributed by atoms with E-state index in [4.69, 9.17) is 5.84 Å². The fourth-order valence-electron chi connectivity index (χ4n) is 1.63. The molecule has 0 aliphatic carbocycles. The molecule has 9 heteroatoms. The van der Waals surface area contributed by atoms with Gasteiger partial charge in [0.05, 0.1) is 5.56 Å². The van der Waals surface area contributed by atoms with Crippen LogP contribution in [0.4, 0.5) is 30.7 Å². The molecular weight excluding hydrogens is 293 g/mol. The average molecular weight is 304 g/mol. The number of halogens is 7. The van der Waals surface area contributed by atoms with E-state index in [0.717, 1.165) is 6.07 Å². The lowest BCUT2D eigenvalue weighted by molar-refractivity contribution is -0.140. The average Bonchev–Trinajstić information content (AvgIpc) is 2.26. The molecule has 1 atom stereocenters. The maximum Gasteiger partial charge on any atom is 0.419 e. The zero-order chi connectivity index (χ0) is 15.6. The summed E-state index contributed by atoms with van der Waals surface area (Å²) >= 11 is 0. The van der Waals surface area contributed by atoms with Gasteiger partial charge in [-0.1, -0.05) is 6.07 Å². The van der Waals surface area contributed by atoms with Gasteiger partial charge in [0.25, 0.3) is 0 Å². The molecule has 1 unspecified atom stereocenters. The smallest absolute Gasteiger partial charge is 0.271 e. The highest BCUT2D eigenvalue weighted by Gasteiger charge is 2.34. The molecule has 114 valence electrons. The van der Waals surface area contributed by atoms with Crippen molar-refractivity contribution in [1.29, 1.82) is 0 Å². The molecule has 0 saturated carbocycles. The highest BCUT2D eigenvalue weighted by molar-refractivity contribution is 5.28. The van der Waals surface area contributed by atoms with E-state index in [1.807, 2.05) is 5.43 Å². The predicted molar refractivity (Wildman–Crippen MR) is 56.8 cm³/mol. The van der Waals surface area contributed by atoms with E-state index < -0.39 is 42.6 Å². The van der Waals surface area contributed by atoms with Gasteiger partial charge in [-0.15, -0.1) is 0 Å². The molecule has 1 aromatic rings. The van der Waals surface area contributed by atoms with Crippen LogP contribution in [0.2, 0.25) is 0 Å². The van der Waals surface area contributed by atoms with Gasteiger partial charge in [0, 0.05) is 12.5 Å². The van der Waals surface area contributed by atoms with Crippen LogP contribution in [0.5, 0.6) is 0 Å². The Labute approximate surface area is 109 Å². The van der Waals surface area contributed by atoms with Gasteiger partial charge in [-0.3, -0.25) is 11.3 Å². The Kier molecular flexibility index (Phi) is 4.98. The van der Waals surface area contributed by atoms with E-state index in [1.165, 1.54) is 0 Å². The number of nitrogens with one attached hydrogen (secondary N) is 1. The third-order valence-corrected chi connectivity index (χ3v) is 2.62. The van der Waals surface area contributed by atoms with Crippen LogP contribution in [-0.4, -0.2) is 6.18 Å². The highest BCUT2D eigenvalue weighted by atomic mass is 19.4. The maximum absolute atomic E-state index is 13.3. The van der Waals surface area contributed by atoms with Gasteiger partial charge in [0.1, 0.15) is 5.82 Å². The van der Waals surface area contributed by atoms with Crippen LogP contribution in [0.25, 0.3) is 0 Å². The number of hydrogen-bond acceptors (Lipinski definition) is 2. The zero-order valence-corrected chi connectivity index (χ0v) is 9.95. The van der Waals surface area contributed by atoms with E-state index in [-0.39, 0.29) is 5.56 Å². The Hall–Kier alpha value is -1.35. The van der Waals surface area contributed by atoms with Crippen LogP contribution < -0.4 is 11.3 Å². The predicted octanol–water partition coefficient (Wildman–Crippen LogP) is 3.69. The number of benzene rings is 1. The van der Waals surface area contributed by atoms with Crippen LogP contribution in [0.3, 0.4) is 0 Å². The van der Waals surface area contributed by atoms with Crippen LogP contribution in [0, 0.1) is 5.82 Å². The van der Waals surface area contributed by atoms with E-state index >= 15 is 0 Å². The molecule has 0 radical (unpaired) electrons. The molecule has 0 aliphatic rings. The van der Waals surface area contributed by atoms with Crippen LogP contribution in [-0.2, 0) is 6.18 Å². The summed E-state index contributed by atoms with van der Waals surface area (Å²) in [5.41, 5.74) is 0.468. The van der Waals surface area contributed by atoms with E-state index in [2.05, 4.69) is 0 Å². The monoisotopic (exact) mass is 304 g/mol. The lowest BCUT2D eigenvalue weighted by Gasteiger charge is -2.18. The van der Waals surface area contributed by atoms with Gasteiger partial charge in [0.15, 0.2) is 0 Å². The summed E-state index contributed by atoms with van der Waals surface area (Å²) in [7, 11) is 0. The molecule has 1 aromatic carbocycles. The SMILES string of the molecule is NNC(CCC(F)(F)F)c1ccc(C(F)(F)F)c(F)c1. The number of alkyl halides is 6. The van der Waals surface area contributed by atoms with Crippen molar-refractivity contribution in [3.05, 3.63) is 35.1 Å². The summed E-state index contributed by atoms with van der Waals surface area (Å²) in [6, 6.07) is 0.812. The van der Waals surface area contributed by atoms with E-state index in [0.29, 0.717) is 12.1 Å². The van der Waals surface area contributed by atoms with Gasteiger partial charge in [-0.05, 0) is 24.1 Å². The van der Waals surface area contributed by atoms with E-state index in [9.17, 15) is 30.7 Å². The molecular formula is C11H11F7N2.